The van der Waals surface area contributed by atoms with Crippen LogP contribution < -0.4 is 4.74 Å². The monoisotopic (exact) mass is 292 g/mol. The number of carbonyl (C=O) groups is 1. The predicted octanol–water partition coefficient (Wildman–Crippen LogP) is 3.75. The molecule has 20 heavy (non-hydrogen) atoms. The molecular weight excluding hydrogens is 272 g/mol. The number of carbonyl (C=O) groups excluding carboxylic acids is 1. The summed E-state index contributed by atoms with van der Waals surface area (Å²) >= 11 is 1.61. The Morgan fingerprint density at radius 1 is 1.35 bits per heavy atom. The lowest BCUT2D eigenvalue weighted by atomic mass is 9.93. The van der Waals surface area contributed by atoms with Crippen LogP contribution in [0, 0.1) is 0 Å². The van der Waals surface area contributed by atoms with E-state index in [1.807, 2.05) is 26.0 Å². The molecule has 0 bridgehead atoms. The molecule has 0 N–H and O–H groups in total. The lowest BCUT2D eigenvalue weighted by Crippen LogP contribution is -2.15. The van der Waals surface area contributed by atoms with Crippen LogP contribution in [-0.2, 0) is 9.53 Å². The van der Waals surface area contributed by atoms with Gasteiger partial charge in [-0.25, -0.2) is 4.79 Å². The normalized spacial score (nSPS) is 18.9. The van der Waals surface area contributed by atoms with Crippen molar-refractivity contribution in [3.05, 3.63) is 40.3 Å². The molecule has 3 nitrogen and oxygen atoms in total. The van der Waals surface area contributed by atoms with E-state index in [0.29, 0.717) is 12.5 Å². The van der Waals surface area contributed by atoms with Crippen LogP contribution in [0.2, 0.25) is 0 Å². The van der Waals surface area contributed by atoms with E-state index in [0.717, 1.165) is 28.4 Å². The minimum atomic E-state index is -0.178. The summed E-state index contributed by atoms with van der Waals surface area (Å²) in [6.07, 6.45) is 0.910. The van der Waals surface area contributed by atoms with Crippen LogP contribution in [0.3, 0.4) is 0 Å². The highest BCUT2D eigenvalue weighted by atomic mass is 32.2. The van der Waals surface area contributed by atoms with Crippen molar-refractivity contribution < 1.29 is 14.3 Å². The molecule has 0 spiro atoms. The summed E-state index contributed by atoms with van der Waals surface area (Å²) in [5, 5.41) is 0. The fraction of sp³-hybridized carbons (Fsp3) is 0.438. The average Bonchev–Trinajstić information content (AvgIpc) is 2.47. The molecule has 1 aliphatic heterocycles. The zero-order chi connectivity index (χ0) is 14.5. The van der Waals surface area contributed by atoms with Crippen molar-refractivity contribution in [2.75, 3.05) is 19.5 Å². The highest BCUT2D eigenvalue weighted by Gasteiger charge is 2.25. The van der Waals surface area contributed by atoms with Crippen LogP contribution in [0.15, 0.2) is 34.7 Å². The van der Waals surface area contributed by atoms with Crippen molar-refractivity contribution in [3.63, 3.8) is 0 Å². The van der Waals surface area contributed by atoms with E-state index in [4.69, 9.17) is 9.47 Å². The molecular formula is C16H20O3S. The van der Waals surface area contributed by atoms with Crippen molar-refractivity contribution in [1.29, 1.82) is 0 Å². The zero-order valence-corrected chi connectivity index (χ0v) is 13.0. The van der Waals surface area contributed by atoms with E-state index in [2.05, 4.69) is 12.1 Å². The number of thioether (sulfide) groups is 1. The number of rotatable bonds is 4. The van der Waals surface area contributed by atoms with Crippen molar-refractivity contribution in [2.24, 2.45) is 0 Å². The quantitative estimate of drug-likeness (QED) is 0.792. The molecule has 1 aromatic carbocycles. The third-order valence-electron chi connectivity index (χ3n) is 3.42. The average molecular weight is 292 g/mol. The Balaban J connectivity index is 2.09. The Labute approximate surface area is 124 Å². The number of ether oxygens (including phenoxy) is 2. The van der Waals surface area contributed by atoms with E-state index in [9.17, 15) is 4.79 Å². The Morgan fingerprint density at radius 3 is 2.60 bits per heavy atom. The number of hydrogen-bond donors (Lipinski definition) is 0. The minimum absolute atomic E-state index is 0.178. The van der Waals surface area contributed by atoms with Crippen molar-refractivity contribution in [2.45, 2.75) is 26.2 Å². The Hall–Kier alpha value is -1.42. The summed E-state index contributed by atoms with van der Waals surface area (Å²) in [4.78, 5) is 12.6. The SMILES string of the molecule is CCOC(=O)C1=C(C)C[C@@H](c2ccc(OC)cc2)CS1. The molecule has 1 aromatic rings. The summed E-state index contributed by atoms with van der Waals surface area (Å²) in [5.74, 6) is 2.06. The molecule has 2 rings (SSSR count). The van der Waals surface area contributed by atoms with Gasteiger partial charge in [-0.05, 0) is 43.9 Å². The summed E-state index contributed by atoms with van der Waals surface area (Å²) in [6, 6.07) is 8.18. The van der Waals surface area contributed by atoms with Gasteiger partial charge in [0.1, 0.15) is 5.75 Å². The molecule has 0 aromatic heterocycles. The molecule has 0 aliphatic carbocycles. The fourth-order valence-corrected chi connectivity index (χ4v) is 3.53. The van der Waals surface area contributed by atoms with Gasteiger partial charge >= 0.3 is 5.97 Å². The standard InChI is InChI=1S/C16H20O3S/c1-4-19-16(17)15-11(2)9-13(10-20-15)12-5-7-14(18-3)8-6-12/h5-8,13H,4,9-10H2,1-3H3/t13-/m1/s1. The molecule has 0 radical (unpaired) electrons. The van der Waals surface area contributed by atoms with Gasteiger partial charge in [0.05, 0.1) is 18.6 Å². The topological polar surface area (TPSA) is 35.5 Å². The first-order chi connectivity index (χ1) is 9.65. The first-order valence-electron chi connectivity index (χ1n) is 6.79. The summed E-state index contributed by atoms with van der Waals surface area (Å²) < 4.78 is 10.3. The molecule has 0 fully saturated rings. The maximum Gasteiger partial charge on any atom is 0.344 e. The second kappa shape index (κ2) is 6.84. The number of benzene rings is 1. The highest BCUT2D eigenvalue weighted by Crippen LogP contribution is 2.39. The lowest BCUT2D eigenvalue weighted by Gasteiger charge is -2.24. The van der Waals surface area contributed by atoms with Gasteiger partial charge in [-0.15, -0.1) is 11.8 Å². The summed E-state index contributed by atoms with van der Waals surface area (Å²) in [5.41, 5.74) is 2.42. The Kier molecular flexibility index (Phi) is 5.12. The second-order valence-corrected chi connectivity index (χ2v) is 5.85. The van der Waals surface area contributed by atoms with Gasteiger partial charge < -0.3 is 9.47 Å². The zero-order valence-electron chi connectivity index (χ0n) is 12.1. The lowest BCUT2D eigenvalue weighted by molar-refractivity contribution is -0.137. The molecule has 1 aliphatic rings. The Bertz CT molecular complexity index is 505. The van der Waals surface area contributed by atoms with Gasteiger partial charge in [0.25, 0.3) is 0 Å². The number of methoxy groups -OCH3 is 1. The fourth-order valence-electron chi connectivity index (χ4n) is 2.35. The summed E-state index contributed by atoms with van der Waals surface area (Å²) in [6.45, 7) is 4.29. The first kappa shape index (κ1) is 15.0. The second-order valence-electron chi connectivity index (χ2n) is 4.82. The van der Waals surface area contributed by atoms with Gasteiger partial charge in [0.2, 0.25) is 0 Å². The number of hydrogen-bond acceptors (Lipinski definition) is 4. The van der Waals surface area contributed by atoms with Crippen LogP contribution in [0.25, 0.3) is 0 Å². The van der Waals surface area contributed by atoms with E-state index >= 15 is 0 Å². The molecule has 0 amide bonds. The third-order valence-corrected chi connectivity index (χ3v) is 4.79. The molecule has 1 atom stereocenters. The smallest absolute Gasteiger partial charge is 0.344 e. The van der Waals surface area contributed by atoms with Crippen LogP contribution >= 0.6 is 11.8 Å². The maximum absolute atomic E-state index is 11.8. The molecule has 4 heteroatoms. The van der Waals surface area contributed by atoms with Crippen LogP contribution in [0.4, 0.5) is 0 Å². The molecule has 108 valence electrons. The van der Waals surface area contributed by atoms with E-state index in [1.165, 1.54) is 5.56 Å². The minimum Gasteiger partial charge on any atom is -0.497 e. The predicted molar refractivity (Wildman–Crippen MR) is 82.1 cm³/mol. The van der Waals surface area contributed by atoms with Crippen molar-refractivity contribution in [3.8, 4) is 5.75 Å². The van der Waals surface area contributed by atoms with Crippen LogP contribution in [-0.4, -0.2) is 25.4 Å². The van der Waals surface area contributed by atoms with Crippen molar-refractivity contribution >= 4 is 17.7 Å². The number of allylic oxidation sites excluding steroid dienone is 1. The van der Waals surface area contributed by atoms with Gasteiger partial charge in [0.15, 0.2) is 0 Å². The van der Waals surface area contributed by atoms with E-state index < -0.39 is 0 Å². The molecule has 0 saturated carbocycles. The third kappa shape index (κ3) is 3.37. The Morgan fingerprint density at radius 2 is 2.05 bits per heavy atom. The van der Waals surface area contributed by atoms with E-state index in [-0.39, 0.29) is 5.97 Å². The first-order valence-corrected chi connectivity index (χ1v) is 7.77. The highest BCUT2D eigenvalue weighted by molar-refractivity contribution is 8.04. The van der Waals surface area contributed by atoms with Crippen LogP contribution in [0.5, 0.6) is 5.75 Å². The van der Waals surface area contributed by atoms with Gasteiger partial charge in [-0.1, -0.05) is 17.7 Å². The van der Waals surface area contributed by atoms with Gasteiger partial charge in [-0.3, -0.25) is 0 Å². The van der Waals surface area contributed by atoms with E-state index in [1.54, 1.807) is 18.9 Å². The molecule has 0 unspecified atom stereocenters. The largest absolute Gasteiger partial charge is 0.497 e. The maximum atomic E-state index is 11.8. The van der Waals surface area contributed by atoms with Gasteiger partial charge in [-0.2, -0.15) is 0 Å². The summed E-state index contributed by atoms with van der Waals surface area (Å²) in [7, 11) is 1.67. The van der Waals surface area contributed by atoms with Crippen LogP contribution in [0.1, 0.15) is 31.7 Å². The molecule has 1 heterocycles. The van der Waals surface area contributed by atoms with Crippen molar-refractivity contribution in [1.82, 2.24) is 0 Å². The number of esters is 1. The van der Waals surface area contributed by atoms with Gasteiger partial charge in [0, 0.05) is 5.75 Å². The molecule has 0 saturated heterocycles.